The first kappa shape index (κ1) is 16.0. The molecule has 0 spiro atoms. The molecule has 6 nitrogen and oxygen atoms in total. The molecule has 24 heavy (non-hydrogen) atoms. The molecule has 1 amide bonds. The fraction of sp³-hybridized carbons (Fsp3) is 0.118. The summed E-state index contributed by atoms with van der Waals surface area (Å²) in [6.45, 7) is 0. The van der Waals surface area contributed by atoms with E-state index in [1.807, 2.05) is 12.1 Å². The Balaban J connectivity index is 1.65. The number of nitrogens with one attached hydrogen (secondary N) is 1. The van der Waals surface area contributed by atoms with Gasteiger partial charge in [0, 0.05) is 16.3 Å². The Bertz CT molecular complexity index is 846. The Morgan fingerprint density at radius 2 is 2.04 bits per heavy atom. The maximum absolute atomic E-state index is 12.0. The average Bonchev–Trinajstić information content (AvgIpc) is 3.03. The van der Waals surface area contributed by atoms with E-state index in [2.05, 4.69) is 15.5 Å². The smallest absolute Gasteiger partial charge is 0.236 e. The van der Waals surface area contributed by atoms with Gasteiger partial charge in [0.2, 0.25) is 17.6 Å². The number of ether oxygens (including phenoxy) is 1. The molecule has 0 aliphatic heterocycles. The van der Waals surface area contributed by atoms with E-state index in [1.54, 1.807) is 43.5 Å². The zero-order valence-corrected chi connectivity index (χ0v) is 13.6. The van der Waals surface area contributed by atoms with E-state index in [9.17, 15) is 4.79 Å². The number of hydrogen-bond donors (Lipinski definition) is 1. The molecule has 0 unspecified atom stereocenters. The lowest BCUT2D eigenvalue weighted by Gasteiger charge is -2.03. The summed E-state index contributed by atoms with van der Waals surface area (Å²) in [5.74, 6) is 1.13. The second-order valence-electron chi connectivity index (χ2n) is 4.98. The molecule has 1 aromatic heterocycles. The number of methoxy groups -OCH3 is 1. The van der Waals surface area contributed by atoms with Crippen LogP contribution in [0.4, 0.5) is 5.69 Å². The summed E-state index contributed by atoms with van der Waals surface area (Å²) in [5, 5.41) is 7.16. The highest BCUT2D eigenvalue weighted by atomic mass is 35.5. The fourth-order valence-corrected chi connectivity index (χ4v) is 2.28. The van der Waals surface area contributed by atoms with Gasteiger partial charge in [-0.2, -0.15) is 4.98 Å². The van der Waals surface area contributed by atoms with Crippen molar-refractivity contribution in [3.63, 3.8) is 0 Å². The van der Waals surface area contributed by atoms with E-state index in [-0.39, 0.29) is 18.2 Å². The van der Waals surface area contributed by atoms with Gasteiger partial charge in [-0.25, -0.2) is 0 Å². The van der Waals surface area contributed by atoms with Gasteiger partial charge in [0.1, 0.15) is 12.2 Å². The number of hydrogen-bond acceptors (Lipinski definition) is 5. The van der Waals surface area contributed by atoms with Crippen molar-refractivity contribution < 1.29 is 14.1 Å². The highest BCUT2D eigenvalue weighted by Crippen LogP contribution is 2.20. The number of halogens is 1. The monoisotopic (exact) mass is 343 g/mol. The summed E-state index contributed by atoms with van der Waals surface area (Å²) in [6.07, 6.45) is -0.0182. The molecule has 0 fully saturated rings. The molecule has 0 saturated heterocycles. The van der Waals surface area contributed by atoms with Crippen LogP contribution in [0.2, 0.25) is 5.02 Å². The summed E-state index contributed by atoms with van der Waals surface area (Å²) in [6, 6.07) is 14.1. The van der Waals surface area contributed by atoms with Crippen molar-refractivity contribution in [1.82, 2.24) is 10.1 Å². The lowest BCUT2D eigenvalue weighted by molar-refractivity contribution is -0.115. The molecule has 0 radical (unpaired) electrons. The number of rotatable bonds is 5. The Morgan fingerprint density at radius 1 is 1.25 bits per heavy atom. The van der Waals surface area contributed by atoms with Crippen LogP contribution in [0.25, 0.3) is 11.4 Å². The number of carbonyl (C=O) groups is 1. The maximum Gasteiger partial charge on any atom is 0.236 e. The third-order valence-electron chi connectivity index (χ3n) is 3.24. The summed E-state index contributed by atoms with van der Waals surface area (Å²) in [5.41, 5.74) is 1.39. The lowest BCUT2D eigenvalue weighted by Crippen LogP contribution is -2.14. The number of nitrogens with zero attached hydrogens (tertiary/aromatic N) is 2. The van der Waals surface area contributed by atoms with Crippen molar-refractivity contribution in [2.75, 3.05) is 12.4 Å². The van der Waals surface area contributed by atoms with Crippen LogP contribution in [0.5, 0.6) is 5.75 Å². The second kappa shape index (κ2) is 7.14. The van der Waals surface area contributed by atoms with Crippen molar-refractivity contribution in [2.24, 2.45) is 0 Å². The molecule has 7 heteroatoms. The van der Waals surface area contributed by atoms with Crippen molar-refractivity contribution in [3.8, 4) is 17.1 Å². The Morgan fingerprint density at radius 3 is 2.75 bits per heavy atom. The topological polar surface area (TPSA) is 77.2 Å². The molecular formula is C17H14ClN3O3. The van der Waals surface area contributed by atoms with Gasteiger partial charge in [-0.1, -0.05) is 22.8 Å². The van der Waals surface area contributed by atoms with E-state index in [1.165, 1.54) is 0 Å². The molecule has 3 aromatic rings. The van der Waals surface area contributed by atoms with Crippen molar-refractivity contribution in [1.29, 1.82) is 0 Å². The maximum atomic E-state index is 12.0. The van der Waals surface area contributed by atoms with Crippen LogP contribution < -0.4 is 10.1 Å². The zero-order valence-electron chi connectivity index (χ0n) is 12.8. The normalized spacial score (nSPS) is 10.4. The molecule has 0 atom stereocenters. The molecule has 2 aromatic carbocycles. The molecule has 0 bridgehead atoms. The van der Waals surface area contributed by atoms with Crippen molar-refractivity contribution >= 4 is 23.2 Å². The summed E-state index contributed by atoms with van der Waals surface area (Å²) in [4.78, 5) is 16.3. The summed E-state index contributed by atoms with van der Waals surface area (Å²) in [7, 11) is 1.60. The van der Waals surface area contributed by atoms with E-state index >= 15 is 0 Å². The minimum absolute atomic E-state index is 0.0182. The molecule has 0 aliphatic rings. The summed E-state index contributed by atoms with van der Waals surface area (Å²) < 4.78 is 10.2. The van der Waals surface area contributed by atoms with Gasteiger partial charge in [-0.15, -0.1) is 0 Å². The quantitative estimate of drug-likeness (QED) is 0.766. The third kappa shape index (κ3) is 3.91. The first-order chi connectivity index (χ1) is 11.6. The summed E-state index contributed by atoms with van der Waals surface area (Å²) >= 11 is 5.88. The van der Waals surface area contributed by atoms with Crippen molar-refractivity contribution in [3.05, 3.63) is 59.4 Å². The predicted octanol–water partition coefficient (Wildman–Crippen LogP) is 3.58. The van der Waals surface area contributed by atoms with Crippen LogP contribution in [-0.2, 0) is 11.2 Å². The molecule has 3 rings (SSSR count). The first-order valence-electron chi connectivity index (χ1n) is 7.16. The van der Waals surface area contributed by atoms with E-state index in [0.717, 1.165) is 11.3 Å². The highest BCUT2D eigenvalue weighted by Gasteiger charge is 2.13. The highest BCUT2D eigenvalue weighted by molar-refractivity contribution is 6.30. The predicted molar refractivity (Wildman–Crippen MR) is 90.1 cm³/mol. The lowest BCUT2D eigenvalue weighted by atomic mass is 10.2. The van der Waals surface area contributed by atoms with Crippen LogP contribution in [0.1, 0.15) is 5.89 Å². The van der Waals surface area contributed by atoms with Gasteiger partial charge in [0.25, 0.3) is 0 Å². The van der Waals surface area contributed by atoms with Crippen LogP contribution in [0.15, 0.2) is 53.1 Å². The Labute approximate surface area is 143 Å². The van der Waals surface area contributed by atoms with Crippen molar-refractivity contribution in [2.45, 2.75) is 6.42 Å². The van der Waals surface area contributed by atoms with Gasteiger partial charge in [-0.3, -0.25) is 4.79 Å². The van der Waals surface area contributed by atoms with Gasteiger partial charge in [0.15, 0.2) is 0 Å². The van der Waals surface area contributed by atoms with Gasteiger partial charge < -0.3 is 14.6 Å². The molecule has 0 aliphatic carbocycles. The molecule has 1 heterocycles. The van der Waals surface area contributed by atoms with Gasteiger partial charge in [0.05, 0.1) is 7.11 Å². The first-order valence-corrected chi connectivity index (χ1v) is 7.54. The average molecular weight is 344 g/mol. The molecule has 0 saturated carbocycles. The number of benzene rings is 2. The molecule has 1 N–H and O–H groups in total. The Kier molecular flexibility index (Phi) is 4.77. The van der Waals surface area contributed by atoms with Gasteiger partial charge in [-0.05, 0) is 42.5 Å². The standard InChI is InChI=1S/C17H14ClN3O3/c1-23-14-7-5-11(6-8-14)17-20-16(24-21-17)10-15(22)19-13-4-2-3-12(18)9-13/h2-9H,10H2,1H3,(H,19,22). The minimum Gasteiger partial charge on any atom is -0.497 e. The van der Waals surface area contributed by atoms with Gasteiger partial charge >= 0.3 is 0 Å². The number of carbonyl (C=O) groups excluding carboxylic acids is 1. The largest absolute Gasteiger partial charge is 0.497 e. The van der Waals surface area contributed by atoms with Crippen LogP contribution in [-0.4, -0.2) is 23.2 Å². The zero-order chi connectivity index (χ0) is 16.9. The fourth-order valence-electron chi connectivity index (χ4n) is 2.09. The van der Waals surface area contributed by atoms with Crippen LogP contribution >= 0.6 is 11.6 Å². The number of anilines is 1. The third-order valence-corrected chi connectivity index (χ3v) is 3.47. The minimum atomic E-state index is -0.262. The second-order valence-corrected chi connectivity index (χ2v) is 5.41. The number of aromatic nitrogens is 2. The van der Waals surface area contributed by atoms with E-state index < -0.39 is 0 Å². The van der Waals surface area contributed by atoms with E-state index in [4.69, 9.17) is 20.9 Å². The number of amides is 1. The Hall–Kier alpha value is -2.86. The molecular weight excluding hydrogens is 330 g/mol. The van der Waals surface area contributed by atoms with E-state index in [0.29, 0.717) is 16.5 Å². The molecule has 122 valence electrons. The van der Waals surface area contributed by atoms with Crippen LogP contribution in [0.3, 0.4) is 0 Å². The van der Waals surface area contributed by atoms with Crippen LogP contribution in [0, 0.1) is 0 Å². The SMILES string of the molecule is COc1ccc(-c2noc(CC(=O)Nc3cccc(Cl)c3)n2)cc1.